The fourth-order valence-corrected chi connectivity index (χ4v) is 2.41. The van der Waals surface area contributed by atoms with Crippen molar-refractivity contribution in [3.8, 4) is 17.1 Å². The number of benzene rings is 1. The van der Waals surface area contributed by atoms with Crippen LogP contribution in [-0.2, 0) is 6.42 Å². The van der Waals surface area contributed by atoms with Crippen molar-refractivity contribution in [3.63, 3.8) is 0 Å². The van der Waals surface area contributed by atoms with Crippen LogP contribution in [0.4, 0.5) is 0 Å². The number of hydrogen-bond donors (Lipinski definition) is 1. The van der Waals surface area contributed by atoms with Crippen molar-refractivity contribution in [2.45, 2.75) is 19.8 Å². The van der Waals surface area contributed by atoms with E-state index in [4.69, 9.17) is 4.42 Å². The van der Waals surface area contributed by atoms with E-state index >= 15 is 0 Å². The Morgan fingerprint density at radius 1 is 1.19 bits per heavy atom. The van der Waals surface area contributed by atoms with E-state index in [0.29, 0.717) is 28.7 Å². The minimum Gasteiger partial charge on any atom is -0.508 e. The smallest absolute Gasteiger partial charge is 0.193 e. The quantitative estimate of drug-likeness (QED) is 0.798. The van der Waals surface area contributed by atoms with Gasteiger partial charge in [0.25, 0.3) is 0 Å². The molecule has 0 spiro atoms. The SMILES string of the molecule is CCCc1c(O)ccc2c(=O)cc(-c3ccncc3)oc12. The molecule has 3 aromatic rings. The molecule has 4 nitrogen and oxygen atoms in total. The van der Waals surface area contributed by atoms with Gasteiger partial charge in [0.15, 0.2) is 5.43 Å². The molecule has 21 heavy (non-hydrogen) atoms. The van der Waals surface area contributed by atoms with Crippen LogP contribution in [-0.4, -0.2) is 10.1 Å². The molecule has 0 bridgehead atoms. The van der Waals surface area contributed by atoms with Crippen molar-refractivity contribution >= 4 is 11.0 Å². The minimum absolute atomic E-state index is 0.111. The molecular formula is C17H15NO3. The molecule has 1 N–H and O–H groups in total. The predicted octanol–water partition coefficient (Wildman–Crippen LogP) is 3.51. The summed E-state index contributed by atoms with van der Waals surface area (Å²) < 4.78 is 5.91. The topological polar surface area (TPSA) is 63.3 Å². The molecule has 106 valence electrons. The van der Waals surface area contributed by atoms with Crippen molar-refractivity contribution < 1.29 is 9.52 Å². The third-order valence-corrected chi connectivity index (χ3v) is 3.44. The lowest BCUT2D eigenvalue weighted by Crippen LogP contribution is -2.02. The van der Waals surface area contributed by atoms with E-state index in [1.54, 1.807) is 36.7 Å². The van der Waals surface area contributed by atoms with Gasteiger partial charge in [-0.1, -0.05) is 13.3 Å². The molecular weight excluding hydrogens is 266 g/mol. The first-order chi connectivity index (χ1) is 10.2. The molecule has 0 atom stereocenters. The summed E-state index contributed by atoms with van der Waals surface area (Å²) in [5.41, 5.74) is 1.83. The monoisotopic (exact) mass is 281 g/mol. The Morgan fingerprint density at radius 2 is 1.95 bits per heavy atom. The van der Waals surface area contributed by atoms with Gasteiger partial charge in [0.1, 0.15) is 17.1 Å². The first kappa shape index (κ1) is 13.4. The van der Waals surface area contributed by atoms with Crippen LogP contribution in [0.25, 0.3) is 22.3 Å². The van der Waals surface area contributed by atoms with Gasteiger partial charge in [0, 0.05) is 29.6 Å². The molecule has 0 amide bonds. The zero-order valence-corrected chi connectivity index (χ0v) is 11.7. The number of nitrogens with zero attached hydrogens (tertiary/aromatic N) is 1. The maximum Gasteiger partial charge on any atom is 0.193 e. The Bertz CT molecular complexity index is 838. The first-order valence-corrected chi connectivity index (χ1v) is 6.90. The number of fused-ring (bicyclic) bond motifs is 1. The normalized spacial score (nSPS) is 10.9. The predicted molar refractivity (Wildman–Crippen MR) is 81.4 cm³/mol. The van der Waals surface area contributed by atoms with Crippen LogP contribution in [0.15, 0.2) is 51.9 Å². The van der Waals surface area contributed by atoms with E-state index in [1.165, 1.54) is 6.07 Å². The average Bonchev–Trinajstić information content (AvgIpc) is 2.51. The maximum atomic E-state index is 12.3. The molecule has 0 saturated carbocycles. The highest BCUT2D eigenvalue weighted by Crippen LogP contribution is 2.29. The van der Waals surface area contributed by atoms with Gasteiger partial charge in [-0.05, 0) is 30.7 Å². The van der Waals surface area contributed by atoms with Gasteiger partial charge in [-0.15, -0.1) is 0 Å². The van der Waals surface area contributed by atoms with Crippen LogP contribution >= 0.6 is 0 Å². The fraction of sp³-hybridized carbons (Fsp3) is 0.176. The maximum absolute atomic E-state index is 12.3. The van der Waals surface area contributed by atoms with E-state index in [0.717, 1.165) is 12.0 Å². The van der Waals surface area contributed by atoms with Crippen LogP contribution in [0.1, 0.15) is 18.9 Å². The van der Waals surface area contributed by atoms with Crippen LogP contribution in [0, 0.1) is 0 Å². The van der Waals surface area contributed by atoms with Crippen molar-refractivity contribution in [1.29, 1.82) is 0 Å². The molecule has 0 fully saturated rings. The number of phenolic OH excluding ortho intramolecular Hbond substituents is 1. The van der Waals surface area contributed by atoms with Gasteiger partial charge in [0.05, 0.1) is 5.39 Å². The second-order valence-electron chi connectivity index (χ2n) is 4.90. The highest BCUT2D eigenvalue weighted by molar-refractivity contribution is 5.83. The number of aryl methyl sites for hydroxylation is 1. The number of hydrogen-bond acceptors (Lipinski definition) is 4. The lowest BCUT2D eigenvalue weighted by molar-refractivity contribution is 0.466. The van der Waals surface area contributed by atoms with Gasteiger partial charge < -0.3 is 9.52 Å². The fourth-order valence-electron chi connectivity index (χ4n) is 2.41. The zero-order valence-electron chi connectivity index (χ0n) is 11.7. The largest absolute Gasteiger partial charge is 0.508 e. The molecule has 2 heterocycles. The average molecular weight is 281 g/mol. The standard InChI is InChI=1S/C17H15NO3/c1-2-3-12-14(19)5-4-13-15(20)10-16(21-17(12)13)11-6-8-18-9-7-11/h4-10,19H,2-3H2,1H3. The zero-order chi connectivity index (χ0) is 14.8. The Kier molecular flexibility index (Phi) is 3.44. The molecule has 4 heteroatoms. The van der Waals surface area contributed by atoms with E-state index in [-0.39, 0.29) is 11.2 Å². The molecule has 0 aliphatic heterocycles. The number of pyridine rings is 1. The van der Waals surface area contributed by atoms with Gasteiger partial charge >= 0.3 is 0 Å². The van der Waals surface area contributed by atoms with E-state index < -0.39 is 0 Å². The molecule has 0 aliphatic carbocycles. The van der Waals surface area contributed by atoms with Crippen LogP contribution < -0.4 is 5.43 Å². The molecule has 1 aromatic carbocycles. The van der Waals surface area contributed by atoms with Crippen molar-refractivity contribution in [1.82, 2.24) is 4.98 Å². The second kappa shape index (κ2) is 5.40. The summed E-state index contributed by atoms with van der Waals surface area (Å²) in [6.07, 6.45) is 4.81. The van der Waals surface area contributed by atoms with Crippen molar-refractivity contribution in [2.75, 3.05) is 0 Å². The number of phenols is 1. The van der Waals surface area contributed by atoms with Crippen molar-refractivity contribution in [3.05, 3.63) is 58.5 Å². The molecule has 0 unspecified atom stereocenters. The van der Waals surface area contributed by atoms with Crippen LogP contribution in [0.2, 0.25) is 0 Å². The number of aromatic nitrogens is 1. The Hall–Kier alpha value is -2.62. The van der Waals surface area contributed by atoms with E-state index in [9.17, 15) is 9.90 Å². The molecule has 2 aromatic heterocycles. The summed E-state index contributed by atoms with van der Waals surface area (Å²) in [5.74, 6) is 0.650. The summed E-state index contributed by atoms with van der Waals surface area (Å²) >= 11 is 0. The van der Waals surface area contributed by atoms with Gasteiger partial charge in [-0.2, -0.15) is 0 Å². The third kappa shape index (κ3) is 2.40. The summed E-state index contributed by atoms with van der Waals surface area (Å²) in [6, 6.07) is 8.20. The minimum atomic E-state index is -0.111. The van der Waals surface area contributed by atoms with Gasteiger partial charge in [-0.3, -0.25) is 9.78 Å². The second-order valence-corrected chi connectivity index (χ2v) is 4.90. The Balaban J connectivity index is 2.31. The Labute approximate surface area is 121 Å². The van der Waals surface area contributed by atoms with E-state index in [1.807, 2.05) is 6.92 Å². The van der Waals surface area contributed by atoms with Gasteiger partial charge in [-0.25, -0.2) is 0 Å². The Morgan fingerprint density at radius 3 is 2.67 bits per heavy atom. The third-order valence-electron chi connectivity index (χ3n) is 3.44. The summed E-state index contributed by atoms with van der Waals surface area (Å²) in [6.45, 7) is 2.02. The molecule has 0 saturated heterocycles. The summed E-state index contributed by atoms with van der Waals surface area (Å²) in [5, 5.41) is 10.5. The summed E-state index contributed by atoms with van der Waals surface area (Å²) in [4.78, 5) is 16.2. The number of rotatable bonds is 3. The summed E-state index contributed by atoms with van der Waals surface area (Å²) in [7, 11) is 0. The van der Waals surface area contributed by atoms with Gasteiger partial charge in [0.2, 0.25) is 0 Å². The number of aromatic hydroxyl groups is 1. The van der Waals surface area contributed by atoms with Crippen LogP contribution in [0.3, 0.4) is 0 Å². The van der Waals surface area contributed by atoms with E-state index in [2.05, 4.69) is 4.98 Å². The highest BCUT2D eigenvalue weighted by atomic mass is 16.3. The highest BCUT2D eigenvalue weighted by Gasteiger charge is 2.13. The lowest BCUT2D eigenvalue weighted by Gasteiger charge is -2.09. The first-order valence-electron chi connectivity index (χ1n) is 6.90. The van der Waals surface area contributed by atoms with Crippen molar-refractivity contribution in [2.24, 2.45) is 0 Å². The molecule has 0 aliphatic rings. The molecule has 3 rings (SSSR count). The van der Waals surface area contributed by atoms with Crippen LogP contribution in [0.5, 0.6) is 5.75 Å². The molecule has 0 radical (unpaired) electrons. The lowest BCUT2D eigenvalue weighted by atomic mass is 10.0.